The first-order valence-corrected chi connectivity index (χ1v) is 3.74. The first-order chi connectivity index (χ1) is 5.58. The van der Waals surface area contributed by atoms with Crippen LogP contribution >= 0.6 is 0 Å². The van der Waals surface area contributed by atoms with Crippen LogP contribution in [0.25, 0.3) is 0 Å². The molecule has 0 fully saturated rings. The third-order valence-electron chi connectivity index (χ3n) is 1.83. The summed E-state index contributed by atoms with van der Waals surface area (Å²) in [6.45, 7) is 4.01. The van der Waals surface area contributed by atoms with E-state index >= 15 is 0 Å². The molecule has 0 aromatic carbocycles. The van der Waals surface area contributed by atoms with Gasteiger partial charge in [0.2, 0.25) is 0 Å². The lowest BCUT2D eigenvalue weighted by Crippen LogP contribution is -2.38. The van der Waals surface area contributed by atoms with Gasteiger partial charge in [-0.2, -0.15) is 0 Å². The lowest BCUT2D eigenvalue weighted by Gasteiger charge is -2.17. The lowest BCUT2D eigenvalue weighted by atomic mass is 9.92. The number of ether oxygens (including phenoxy) is 1. The van der Waals surface area contributed by atoms with Crippen LogP contribution in [-0.4, -0.2) is 19.6 Å². The van der Waals surface area contributed by atoms with Crippen LogP contribution in [0.3, 0.4) is 0 Å². The van der Waals surface area contributed by atoms with E-state index in [2.05, 4.69) is 10.3 Å². The Hall–Kier alpha value is -1.03. The molecule has 1 rings (SSSR count). The van der Waals surface area contributed by atoms with Gasteiger partial charge in [0.25, 0.3) is 5.91 Å². The van der Waals surface area contributed by atoms with Crippen LogP contribution in [0.5, 0.6) is 0 Å². The van der Waals surface area contributed by atoms with Crippen molar-refractivity contribution < 1.29 is 14.4 Å². The normalized spacial score (nSPS) is 27.8. The van der Waals surface area contributed by atoms with Crippen molar-refractivity contribution in [1.29, 1.82) is 0 Å². The van der Waals surface area contributed by atoms with Crippen LogP contribution in [0.4, 0.5) is 0 Å². The molecule has 4 nitrogen and oxygen atoms in total. The van der Waals surface area contributed by atoms with E-state index in [9.17, 15) is 4.79 Å². The summed E-state index contributed by atoms with van der Waals surface area (Å²) in [4.78, 5) is 15.9. The molecule has 0 spiro atoms. The molecular weight excluding hydrogens is 158 g/mol. The molecule has 1 heterocycles. The number of hydrogen-bond acceptors (Lipinski definition) is 3. The molecule has 1 aliphatic heterocycles. The van der Waals surface area contributed by atoms with Crippen molar-refractivity contribution in [2.45, 2.75) is 13.8 Å². The summed E-state index contributed by atoms with van der Waals surface area (Å²) < 4.78 is 5.18. The van der Waals surface area contributed by atoms with Crippen LogP contribution in [0.15, 0.2) is 11.8 Å². The molecule has 0 radical (unpaired) electrons. The van der Waals surface area contributed by atoms with Gasteiger partial charge in [-0.1, -0.05) is 0 Å². The number of hydrogen-bond donors (Lipinski definition) is 1. The van der Waals surface area contributed by atoms with Gasteiger partial charge < -0.3 is 4.74 Å². The number of nitrogens with one attached hydrogen (secondary N) is 1. The Kier molecular flexibility index (Phi) is 2.38. The molecule has 1 atom stereocenters. The maximum Gasteiger partial charge on any atom is 0.256 e. The quantitative estimate of drug-likeness (QED) is 0.619. The second kappa shape index (κ2) is 3.15. The zero-order valence-corrected chi connectivity index (χ0v) is 7.51. The maximum atomic E-state index is 11.4. The molecule has 0 aromatic heterocycles. The molecule has 0 saturated carbocycles. The predicted molar refractivity (Wildman–Crippen MR) is 43.0 cm³/mol. The van der Waals surface area contributed by atoms with E-state index in [4.69, 9.17) is 4.74 Å². The summed E-state index contributed by atoms with van der Waals surface area (Å²) in [7, 11) is 1.41. The van der Waals surface area contributed by atoms with Crippen molar-refractivity contribution in [2.24, 2.45) is 5.41 Å². The van der Waals surface area contributed by atoms with Gasteiger partial charge in [-0.3, -0.25) is 9.63 Å². The maximum absolute atomic E-state index is 11.4. The number of carbonyl (C=O) groups is 1. The lowest BCUT2D eigenvalue weighted by molar-refractivity contribution is -0.139. The van der Waals surface area contributed by atoms with Crippen LogP contribution in [0.1, 0.15) is 13.8 Å². The van der Waals surface area contributed by atoms with Crippen LogP contribution in [0.2, 0.25) is 0 Å². The number of allylic oxidation sites excluding steroid dienone is 1. The fourth-order valence-electron chi connectivity index (χ4n) is 1.14. The highest BCUT2D eigenvalue weighted by Crippen LogP contribution is 2.28. The Morgan fingerprint density at radius 2 is 2.50 bits per heavy atom. The molecule has 68 valence electrons. The molecule has 0 aromatic rings. The predicted octanol–water partition coefficient (Wildman–Crippen LogP) is 0.604. The molecule has 1 unspecified atom stereocenters. The summed E-state index contributed by atoms with van der Waals surface area (Å²) in [5, 5.41) is 0. The molecule has 1 aliphatic rings. The summed E-state index contributed by atoms with van der Waals surface area (Å²) in [5.74, 6) is 0.602. The van der Waals surface area contributed by atoms with E-state index in [1.54, 1.807) is 13.0 Å². The first-order valence-electron chi connectivity index (χ1n) is 3.74. The van der Waals surface area contributed by atoms with Crippen LogP contribution < -0.4 is 5.48 Å². The third-order valence-corrected chi connectivity index (χ3v) is 1.83. The molecule has 12 heavy (non-hydrogen) atoms. The zero-order chi connectivity index (χ0) is 9.19. The Balaban J connectivity index is 2.67. The second-order valence-electron chi connectivity index (χ2n) is 3.10. The van der Waals surface area contributed by atoms with E-state index in [1.807, 2.05) is 6.92 Å². The first kappa shape index (κ1) is 9.06. The molecule has 4 heteroatoms. The minimum absolute atomic E-state index is 0.179. The van der Waals surface area contributed by atoms with E-state index in [0.29, 0.717) is 6.61 Å². The van der Waals surface area contributed by atoms with E-state index in [-0.39, 0.29) is 5.91 Å². The van der Waals surface area contributed by atoms with Gasteiger partial charge in [0.05, 0.1) is 12.9 Å². The number of carbonyl (C=O) groups excluding carboxylic acids is 1. The number of rotatable bonds is 2. The highest BCUT2D eigenvalue weighted by molar-refractivity contribution is 5.84. The molecule has 1 amide bonds. The average molecular weight is 171 g/mol. The summed E-state index contributed by atoms with van der Waals surface area (Å²) in [6.07, 6.45) is 1.79. The Labute approximate surface area is 71.5 Å². The monoisotopic (exact) mass is 171 g/mol. The summed E-state index contributed by atoms with van der Waals surface area (Å²) in [5.41, 5.74) is 1.70. The van der Waals surface area contributed by atoms with Crippen molar-refractivity contribution in [2.75, 3.05) is 13.7 Å². The SMILES string of the molecule is CONC(=O)C1(C)C=C(C)OC1. The fraction of sp³-hybridized carbons (Fsp3) is 0.625. The minimum Gasteiger partial charge on any atom is -0.497 e. The van der Waals surface area contributed by atoms with Gasteiger partial charge in [-0.25, -0.2) is 5.48 Å². The molecular formula is C8H13NO3. The van der Waals surface area contributed by atoms with Crippen LogP contribution in [-0.2, 0) is 14.4 Å². The molecule has 0 aliphatic carbocycles. The Morgan fingerprint density at radius 1 is 1.83 bits per heavy atom. The summed E-state index contributed by atoms with van der Waals surface area (Å²) >= 11 is 0. The fourth-order valence-corrected chi connectivity index (χ4v) is 1.14. The van der Waals surface area contributed by atoms with Crippen molar-refractivity contribution in [3.63, 3.8) is 0 Å². The second-order valence-corrected chi connectivity index (χ2v) is 3.10. The molecule has 0 saturated heterocycles. The van der Waals surface area contributed by atoms with Crippen molar-refractivity contribution in [3.05, 3.63) is 11.8 Å². The number of hydroxylamine groups is 1. The van der Waals surface area contributed by atoms with E-state index in [0.717, 1.165) is 5.76 Å². The third kappa shape index (κ3) is 1.58. The van der Waals surface area contributed by atoms with Gasteiger partial charge in [-0.15, -0.1) is 0 Å². The molecule has 0 bridgehead atoms. The van der Waals surface area contributed by atoms with Gasteiger partial charge in [0, 0.05) is 0 Å². The largest absolute Gasteiger partial charge is 0.497 e. The van der Waals surface area contributed by atoms with Crippen LogP contribution in [0, 0.1) is 5.41 Å². The Morgan fingerprint density at radius 3 is 2.92 bits per heavy atom. The number of amides is 1. The smallest absolute Gasteiger partial charge is 0.256 e. The van der Waals surface area contributed by atoms with E-state index in [1.165, 1.54) is 7.11 Å². The molecule has 1 N–H and O–H groups in total. The van der Waals surface area contributed by atoms with Crippen molar-refractivity contribution >= 4 is 5.91 Å². The minimum atomic E-state index is -0.583. The van der Waals surface area contributed by atoms with Gasteiger partial charge in [-0.05, 0) is 19.9 Å². The van der Waals surface area contributed by atoms with Crippen molar-refractivity contribution in [3.8, 4) is 0 Å². The van der Waals surface area contributed by atoms with Gasteiger partial charge in [0.15, 0.2) is 0 Å². The standard InChI is InChI=1S/C8H13NO3/c1-6-4-8(2,5-12-6)7(10)9-11-3/h4H,5H2,1-3H3,(H,9,10). The highest BCUT2D eigenvalue weighted by Gasteiger charge is 2.36. The van der Waals surface area contributed by atoms with E-state index < -0.39 is 5.41 Å². The summed E-state index contributed by atoms with van der Waals surface area (Å²) in [6, 6.07) is 0. The average Bonchev–Trinajstić information content (AvgIpc) is 2.33. The zero-order valence-electron chi connectivity index (χ0n) is 7.51. The topological polar surface area (TPSA) is 47.6 Å². The van der Waals surface area contributed by atoms with Gasteiger partial charge in [0.1, 0.15) is 12.0 Å². The Bertz CT molecular complexity index is 224. The van der Waals surface area contributed by atoms with Gasteiger partial charge >= 0.3 is 0 Å². The van der Waals surface area contributed by atoms with Crippen molar-refractivity contribution in [1.82, 2.24) is 5.48 Å². The highest BCUT2D eigenvalue weighted by atomic mass is 16.6.